The Kier molecular flexibility index (Phi) is 5.71. The molecule has 1 aromatic carbocycles. The quantitative estimate of drug-likeness (QED) is 0.656. The van der Waals surface area contributed by atoms with E-state index in [9.17, 15) is 4.39 Å². The van der Waals surface area contributed by atoms with Crippen LogP contribution in [0.2, 0.25) is 0 Å². The molecule has 0 spiro atoms. The summed E-state index contributed by atoms with van der Waals surface area (Å²) in [6, 6.07) is 10.7. The second-order valence-corrected chi connectivity index (χ2v) is 4.56. The lowest BCUT2D eigenvalue weighted by molar-refractivity contribution is 0.414. The lowest BCUT2D eigenvalue weighted by atomic mass is 10.2. The molecule has 1 aromatic heterocycles. The molecule has 2 aromatic rings. The average Bonchev–Trinajstić information content (AvgIpc) is 2.57. The normalized spacial score (nSPS) is 11.1. The minimum atomic E-state index is -0.333. The molecule has 0 saturated carbocycles. The van der Waals surface area contributed by atoms with E-state index in [1.54, 1.807) is 26.4 Å². The minimum Gasteiger partial charge on any atom is -0.497 e. The van der Waals surface area contributed by atoms with Crippen LogP contribution in [0.5, 0.6) is 5.75 Å². The first-order valence-corrected chi connectivity index (χ1v) is 6.89. The van der Waals surface area contributed by atoms with Crippen LogP contribution in [0.4, 0.5) is 4.39 Å². The highest BCUT2D eigenvalue weighted by Gasteiger charge is 2.04. The standard InChI is InChI=1S/C16H19FN4O/c1-18-16(21-11-15-14(17)4-3-9-19-15)20-10-12-5-7-13(22-2)8-6-12/h3-9H,10-11H2,1-2H3,(H2,18,20,21). The van der Waals surface area contributed by atoms with Crippen LogP contribution in [-0.4, -0.2) is 25.1 Å². The van der Waals surface area contributed by atoms with Crippen LogP contribution in [0.1, 0.15) is 11.3 Å². The van der Waals surface area contributed by atoms with Gasteiger partial charge in [0.15, 0.2) is 5.96 Å². The summed E-state index contributed by atoms with van der Waals surface area (Å²) in [7, 11) is 3.30. The largest absolute Gasteiger partial charge is 0.497 e. The van der Waals surface area contributed by atoms with Gasteiger partial charge >= 0.3 is 0 Å². The molecular formula is C16H19FN4O. The number of ether oxygens (including phenoxy) is 1. The molecule has 2 N–H and O–H groups in total. The predicted octanol–water partition coefficient (Wildman–Crippen LogP) is 2.09. The number of aromatic nitrogens is 1. The van der Waals surface area contributed by atoms with Gasteiger partial charge in [0.1, 0.15) is 11.6 Å². The van der Waals surface area contributed by atoms with Gasteiger partial charge in [0.2, 0.25) is 0 Å². The van der Waals surface area contributed by atoms with E-state index in [4.69, 9.17) is 4.74 Å². The summed E-state index contributed by atoms with van der Waals surface area (Å²) in [6.07, 6.45) is 1.56. The number of hydrogen-bond acceptors (Lipinski definition) is 3. The second-order valence-electron chi connectivity index (χ2n) is 4.56. The average molecular weight is 302 g/mol. The Labute approximate surface area is 129 Å². The first-order chi connectivity index (χ1) is 10.7. The fourth-order valence-corrected chi connectivity index (χ4v) is 1.87. The summed E-state index contributed by atoms with van der Waals surface area (Å²) in [6.45, 7) is 0.878. The van der Waals surface area contributed by atoms with Crippen molar-refractivity contribution in [3.8, 4) is 5.75 Å². The lowest BCUT2D eigenvalue weighted by Crippen LogP contribution is -2.36. The molecule has 22 heavy (non-hydrogen) atoms. The summed E-state index contributed by atoms with van der Waals surface area (Å²) < 4.78 is 18.6. The summed E-state index contributed by atoms with van der Waals surface area (Å²) in [5.74, 6) is 1.07. The van der Waals surface area contributed by atoms with Crippen LogP contribution in [-0.2, 0) is 13.1 Å². The molecule has 0 aliphatic carbocycles. The van der Waals surface area contributed by atoms with Gasteiger partial charge in [0.25, 0.3) is 0 Å². The first kappa shape index (κ1) is 15.8. The molecule has 6 heteroatoms. The molecule has 0 atom stereocenters. The summed E-state index contributed by atoms with van der Waals surface area (Å²) in [5.41, 5.74) is 1.45. The Morgan fingerprint density at radius 3 is 2.55 bits per heavy atom. The fraction of sp³-hybridized carbons (Fsp3) is 0.250. The monoisotopic (exact) mass is 302 g/mol. The summed E-state index contributed by atoms with van der Waals surface area (Å²) in [5, 5.41) is 6.19. The molecule has 116 valence electrons. The van der Waals surface area contributed by atoms with E-state index < -0.39 is 0 Å². The number of methoxy groups -OCH3 is 1. The molecule has 0 aliphatic heterocycles. The molecule has 0 radical (unpaired) electrons. The van der Waals surface area contributed by atoms with Crippen molar-refractivity contribution >= 4 is 5.96 Å². The van der Waals surface area contributed by atoms with E-state index in [0.29, 0.717) is 18.2 Å². The Balaban J connectivity index is 1.86. The molecule has 0 bridgehead atoms. The van der Waals surface area contributed by atoms with Gasteiger partial charge in [-0.05, 0) is 29.8 Å². The highest BCUT2D eigenvalue weighted by Crippen LogP contribution is 2.10. The number of guanidine groups is 1. The fourth-order valence-electron chi connectivity index (χ4n) is 1.87. The highest BCUT2D eigenvalue weighted by atomic mass is 19.1. The van der Waals surface area contributed by atoms with E-state index in [1.807, 2.05) is 24.3 Å². The van der Waals surface area contributed by atoms with Crippen molar-refractivity contribution in [1.82, 2.24) is 15.6 Å². The van der Waals surface area contributed by atoms with E-state index in [2.05, 4.69) is 20.6 Å². The van der Waals surface area contributed by atoms with Crippen molar-refractivity contribution in [1.29, 1.82) is 0 Å². The molecule has 0 aliphatic rings. The van der Waals surface area contributed by atoms with Gasteiger partial charge in [-0.1, -0.05) is 12.1 Å². The zero-order chi connectivity index (χ0) is 15.8. The van der Waals surface area contributed by atoms with Crippen molar-refractivity contribution in [3.05, 3.63) is 59.7 Å². The molecule has 0 amide bonds. The molecular weight excluding hydrogens is 283 g/mol. The van der Waals surface area contributed by atoms with Gasteiger partial charge in [-0.15, -0.1) is 0 Å². The molecule has 2 rings (SSSR count). The Hall–Kier alpha value is -2.63. The first-order valence-electron chi connectivity index (χ1n) is 6.89. The van der Waals surface area contributed by atoms with Crippen LogP contribution in [0.3, 0.4) is 0 Å². The lowest BCUT2D eigenvalue weighted by Gasteiger charge is -2.12. The number of nitrogens with zero attached hydrogens (tertiary/aromatic N) is 2. The number of halogens is 1. The van der Waals surface area contributed by atoms with Crippen LogP contribution < -0.4 is 15.4 Å². The number of rotatable bonds is 5. The maximum absolute atomic E-state index is 13.5. The van der Waals surface area contributed by atoms with Gasteiger partial charge in [0.05, 0.1) is 19.3 Å². The molecule has 0 unspecified atom stereocenters. The third-order valence-corrected chi connectivity index (χ3v) is 3.10. The van der Waals surface area contributed by atoms with E-state index in [-0.39, 0.29) is 12.4 Å². The molecule has 0 saturated heterocycles. The minimum absolute atomic E-state index is 0.273. The van der Waals surface area contributed by atoms with Gasteiger partial charge in [-0.25, -0.2) is 4.39 Å². The maximum atomic E-state index is 13.5. The zero-order valence-electron chi connectivity index (χ0n) is 12.6. The zero-order valence-corrected chi connectivity index (χ0v) is 12.6. The van der Waals surface area contributed by atoms with Crippen LogP contribution >= 0.6 is 0 Å². The molecule has 0 fully saturated rings. The van der Waals surface area contributed by atoms with E-state index in [0.717, 1.165) is 11.3 Å². The third-order valence-electron chi connectivity index (χ3n) is 3.10. The third kappa shape index (κ3) is 4.44. The van der Waals surface area contributed by atoms with Crippen molar-refractivity contribution in [2.75, 3.05) is 14.2 Å². The highest BCUT2D eigenvalue weighted by molar-refractivity contribution is 5.79. The number of aliphatic imine (C=N–C) groups is 1. The van der Waals surface area contributed by atoms with Gasteiger partial charge in [0, 0.05) is 19.8 Å². The predicted molar refractivity (Wildman–Crippen MR) is 84.2 cm³/mol. The number of pyridine rings is 1. The number of benzene rings is 1. The van der Waals surface area contributed by atoms with Crippen LogP contribution in [0.25, 0.3) is 0 Å². The smallest absolute Gasteiger partial charge is 0.191 e. The number of nitrogens with one attached hydrogen (secondary N) is 2. The van der Waals surface area contributed by atoms with Gasteiger partial charge < -0.3 is 15.4 Å². The van der Waals surface area contributed by atoms with Crippen molar-refractivity contribution in [2.24, 2.45) is 4.99 Å². The van der Waals surface area contributed by atoms with Crippen LogP contribution in [0.15, 0.2) is 47.6 Å². The van der Waals surface area contributed by atoms with Crippen LogP contribution in [0, 0.1) is 5.82 Å². The SMILES string of the molecule is CN=C(NCc1ccc(OC)cc1)NCc1ncccc1F. The molecule has 5 nitrogen and oxygen atoms in total. The summed E-state index contributed by atoms with van der Waals surface area (Å²) in [4.78, 5) is 8.09. The second kappa shape index (κ2) is 7.97. The Bertz CT molecular complexity index is 628. The van der Waals surface area contributed by atoms with Gasteiger partial charge in [-0.3, -0.25) is 9.98 Å². The van der Waals surface area contributed by atoms with Crippen molar-refractivity contribution in [2.45, 2.75) is 13.1 Å². The Morgan fingerprint density at radius 1 is 1.18 bits per heavy atom. The summed E-state index contributed by atoms with van der Waals surface area (Å²) >= 11 is 0. The van der Waals surface area contributed by atoms with E-state index >= 15 is 0 Å². The van der Waals surface area contributed by atoms with E-state index in [1.165, 1.54) is 6.07 Å². The molecule has 1 heterocycles. The topological polar surface area (TPSA) is 58.5 Å². The van der Waals surface area contributed by atoms with Gasteiger partial charge in [-0.2, -0.15) is 0 Å². The van der Waals surface area contributed by atoms with Crippen molar-refractivity contribution in [3.63, 3.8) is 0 Å². The maximum Gasteiger partial charge on any atom is 0.191 e. The number of hydrogen-bond donors (Lipinski definition) is 2. The Morgan fingerprint density at radius 2 is 1.91 bits per heavy atom. The van der Waals surface area contributed by atoms with Crippen molar-refractivity contribution < 1.29 is 9.13 Å².